The van der Waals surface area contributed by atoms with Gasteiger partial charge >= 0.3 is 0 Å². The molecule has 3 atom stereocenters. The Bertz CT molecular complexity index is 633. The molecule has 24 heavy (non-hydrogen) atoms. The zero-order chi connectivity index (χ0) is 16.4. The molecule has 2 aliphatic rings. The molecule has 0 aromatic carbocycles. The highest BCUT2D eigenvalue weighted by Gasteiger charge is 2.44. The van der Waals surface area contributed by atoms with Crippen molar-refractivity contribution in [3.63, 3.8) is 0 Å². The van der Waals surface area contributed by atoms with E-state index in [2.05, 4.69) is 37.7 Å². The molecule has 0 saturated carbocycles. The summed E-state index contributed by atoms with van der Waals surface area (Å²) in [5.41, 5.74) is 2.75. The number of nitrogens with zero attached hydrogens (tertiary/aromatic N) is 3. The number of pyridine rings is 1. The molecule has 2 saturated heterocycles. The lowest BCUT2D eigenvalue weighted by atomic mass is 9.89. The molecule has 2 fully saturated rings. The average Bonchev–Trinajstić information content (AvgIpc) is 3.26. The monoisotopic (exact) mass is 343 g/mol. The average molecular weight is 343 g/mol. The molecule has 5 heteroatoms. The first-order valence-corrected chi connectivity index (χ1v) is 9.67. The number of rotatable bonds is 5. The van der Waals surface area contributed by atoms with E-state index in [0.29, 0.717) is 18.1 Å². The molecule has 4 heterocycles. The van der Waals surface area contributed by atoms with Gasteiger partial charge in [-0.1, -0.05) is 6.07 Å². The Balaban J connectivity index is 1.47. The fraction of sp³-hybridized carbons (Fsp3) is 0.526. The third kappa shape index (κ3) is 3.40. The highest BCUT2D eigenvalue weighted by atomic mass is 32.1. The van der Waals surface area contributed by atoms with Crippen LogP contribution in [-0.4, -0.2) is 53.7 Å². The van der Waals surface area contributed by atoms with Crippen LogP contribution in [0.25, 0.3) is 0 Å². The summed E-state index contributed by atoms with van der Waals surface area (Å²) >= 11 is 1.79. The second kappa shape index (κ2) is 7.31. The van der Waals surface area contributed by atoms with Crippen molar-refractivity contribution in [3.05, 3.63) is 52.5 Å². The van der Waals surface area contributed by atoms with Gasteiger partial charge in [0.05, 0.1) is 6.10 Å². The van der Waals surface area contributed by atoms with Crippen LogP contribution in [0.4, 0.5) is 0 Å². The molecule has 0 aliphatic carbocycles. The standard InChI is InChI=1S/C19H25N3OS/c1-23-19-4-7-22(11-16-5-8-24-14-16)18-13-21(12-17(18)19)10-15-3-2-6-20-9-15/h2-3,5-6,8-9,14,17-19H,4,7,10-13H2,1H3/t17-,18+,19+/m0/s1. The minimum Gasteiger partial charge on any atom is -0.381 e. The van der Waals surface area contributed by atoms with Gasteiger partial charge in [0.1, 0.15) is 0 Å². The Labute approximate surface area is 148 Å². The van der Waals surface area contributed by atoms with E-state index in [-0.39, 0.29) is 0 Å². The Morgan fingerprint density at radius 1 is 1.25 bits per heavy atom. The molecule has 0 amide bonds. The number of hydrogen-bond donors (Lipinski definition) is 0. The maximum Gasteiger partial charge on any atom is 0.0639 e. The molecule has 0 radical (unpaired) electrons. The molecule has 2 aromatic rings. The predicted molar refractivity (Wildman–Crippen MR) is 96.9 cm³/mol. The lowest BCUT2D eigenvalue weighted by Crippen LogP contribution is -2.50. The van der Waals surface area contributed by atoms with Crippen LogP contribution in [0.15, 0.2) is 41.4 Å². The van der Waals surface area contributed by atoms with Crippen molar-refractivity contribution in [1.82, 2.24) is 14.8 Å². The molecule has 4 rings (SSSR count). The van der Waals surface area contributed by atoms with Crippen LogP contribution in [0.2, 0.25) is 0 Å². The third-order valence-electron chi connectivity index (χ3n) is 5.45. The minimum atomic E-state index is 0.396. The van der Waals surface area contributed by atoms with E-state index in [1.807, 2.05) is 25.6 Å². The summed E-state index contributed by atoms with van der Waals surface area (Å²) < 4.78 is 5.82. The first-order chi connectivity index (χ1) is 11.8. The lowest BCUT2D eigenvalue weighted by molar-refractivity contribution is -0.0244. The quantitative estimate of drug-likeness (QED) is 0.835. The molecule has 2 aromatic heterocycles. The number of ether oxygens (including phenoxy) is 1. The van der Waals surface area contributed by atoms with E-state index in [4.69, 9.17) is 4.74 Å². The van der Waals surface area contributed by atoms with Crippen LogP contribution in [-0.2, 0) is 17.8 Å². The zero-order valence-corrected chi connectivity index (χ0v) is 15.0. The van der Waals surface area contributed by atoms with Crippen LogP contribution in [0.3, 0.4) is 0 Å². The maximum atomic E-state index is 5.82. The molecular weight excluding hydrogens is 318 g/mol. The van der Waals surface area contributed by atoms with Crippen molar-refractivity contribution in [2.24, 2.45) is 5.92 Å². The second-order valence-electron chi connectivity index (χ2n) is 6.95. The molecule has 0 unspecified atom stereocenters. The van der Waals surface area contributed by atoms with E-state index in [9.17, 15) is 0 Å². The second-order valence-corrected chi connectivity index (χ2v) is 7.73. The summed E-state index contributed by atoms with van der Waals surface area (Å²) in [6, 6.07) is 7.05. The van der Waals surface area contributed by atoms with Crippen LogP contribution in [0.1, 0.15) is 17.5 Å². The molecular formula is C19H25N3OS. The molecule has 2 aliphatic heterocycles. The first-order valence-electron chi connectivity index (χ1n) is 8.72. The summed E-state index contributed by atoms with van der Waals surface area (Å²) in [6.45, 7) is 5.45. The SMILES string of the molecule is CO[C@@H]1CCN(Cc2ccsc2)[C@@H]2CN(Cc3cccnc3)C[C@@H]21. The Morgan fingerprint density at radius 2 is 2.21 bits per heavy atom. The summed E-state index contributed by atoms with van der Waals surface area (Å²) in [6.07, 6.45) is 5.37. The summed E-state index contributed by atoms with van der Waals surface area (Å²) in [7, 11) is 1.88. The number of fused-ring (bicyclic) bond motifs is 1. The Morgan fingerprint density at radius 3 is 2.96 bits per heavy atom. The van der Waals surface area contributed by atoms with Gasteiger partial charge in [-0.15, -0.1) is 0 Å². The lowest BCUT2D eigenvalue weighted by Gasteiger charge is -2.41. The third-order valence-corrected chi connectivity index (χ3v) is 6.19. The predicted octanol–water partition coefficient (Wildman–Crippen LogP) is 2.86. The van der Waals surface area contributed by atoms with Gasteiger partial charge in [-0.25, -0.2) is 0 Å². The summed E-state index contributed by atoms with van der Waals surface area (Å²) in [5, 5.41) is 4.46. The van der Waals surface area contributed by atoms with E-state index in [0.717, 1.165) is 39.1 Å². The number of piperidine rings is 1. The molecule has 0 spiro atoms. The van der Waals surface area contributed by atoms with Crippen molar-refractivity contribution >= 4 is 11.3 Å². The fourth-order valence-electron chi connectivity index (χ4n) is 4.30. The molecule has 0 bridgehead atoms. The van der Waals surface area contributed by atoms with Crippen molar-refractivity contribution < 1.29 is 4.74 Å². The first kappa shape index (κ1) is 16.2. The Kier molecular flexibility index (Phi) is 4.94. The van der Waals surface area contributed by atoms with E-state index in [1.165, 1.54) is 11.1 Å². The molecule has 128 valence electrons. The zero-order valence-electron chi connectivity index (χ0n) is 14.2. The molecule has 0 N–H and O–H groups in total. The van der Waals surface area contributed by atoms with Crippen molar-refractivity contribution in [2.75, 3.05) is 26.7 Å². The summed E-state index contributed by atoms with van der Waals surface area (Å²) in [5.74, 6) is 0.610. The van der Waals surface area contributed by atoms with E-state index in [1.54, 1.807) is 11.3 Å². The van der Waals surface area contributed by atoms with Crippen LogP contribution in [0.5, 0.6) is 0 Å². The van der Waals surface area contributed by atoms with Gasteiger partial charge in [-0.05, 0) is 40.4 Å². The van der Waals surface area contributed by atoms with E-state index >= 15 is 0 Å². The number of hydrogen-bond acceptors (Lipinski definition) is 5. The topological polar surface area (TPSA) is 28.6 Å². The van der Waals surface area contributed by atoms with Gasteiger partial charge in [-0.3, -0.25) is 14.8 Å². The number of methoxy groups -OCH3 is 1. The highest BCUT2D eigenvalue weighted by Crippen LogP contribution is 2.34. The fourth-order valence-corrected chi connectivity index (χ4v) is 4.96. The van der Waals surface area contributed by atoms with Crippen LogP contribution >= 0.6 is 11.3 Å². The number of aromatic nitrogens is 1. The molecule has 4 nitrogen and oxygen atoms in total. The Hall–Kier alpha value is -1.27. The number of thiophene rings is 1. The van der Waals surface area contributed by atoms with Gasteiger partial charge in [0, 0.05) is 64.2 Å². The smallest absolute Gasteiger partial charge is 0.0639 e. The van der Waals surface area contributed by atoms with Crippen molar-refractivity contribution in [2.45, 2.75) is 31.7 Å². The van der Waals surface area contributed by atoms with Gasteiger partial charge in [0.2, 0.25) is 0 Å². The van der Waals surface area contributed by atoms with Crippen LogP contribution in [0, 0.1) is 5.92 Å². The van der Waals surface area contributed by atoms with Gasteiger partial charge in [0.15, 0.2) is 0 Å². The van der Waals surface area contributed by atoms with Crippen LogP contribution < -0.4 is 0 Å². The van der Waals surface area contributed by atoms with Crippen molar-refractivity contribution in [1.29, 1.82) is 0 Å². The van der Waals surface area contributed by atoms with Gasteiger partial charge < -0.3 is 4.74 Å². The largest absolute Gasteiger partial charge is 0.381 e. The number of likely N-dealkylation sites (tertiary alicyclic amines) is 2. The van der Waals surface area contributed by atoms with Gasteiger partial charge in [-0.2, -0.15) is 11.3 Å². The highest BCUT2D eigenvalue weighted by molar-refractivity contribution is 7.07. The van der Waals surface area contributed by atoms with Gasteiger partial charge in [0.25, 0.3) is 0 Å². The minimum absolute atomic E-state index is 0.396. The maximum absolute atomic E-state index is 5.82. The van der Waals surface area contributed by atoms with Crippen molar-refractivity contribution in [3.8, 4) is 0 Å². The summed E-state index contributed by atoms with van der Waals surface area (Å²) in [4.78, 5) is 9.50. The normalized spacial score (nSPS) is 28.1. The van der Waals surface area contributed by atoms with E-state index < -0.39 is 0 Å².